The van der Waals surface area contributed by atoms with Crippen molar-refractivity contribution in [1.29, 1.82) is 0 Å². The van der Waals surface area contributed by atoms with Crippen molar-refractivity contribution in [3.63, 3.8) is 0 Å². The summed E-state index contributed by atoms with van der Waals surface area (Å²) in [5, 5.41) is 9.16. The van der Waals surface area contributed by atoms with Crippen LogP contribution >= 0.6 is 0 Å². The average Bonchev–Trinajstić information content (AvgIpc) is 2.55. The summed E-state index contributed by atoms with van der Waals surface area (Å²) in [4.78, 5) is 15.6. The molecule has 22 heavy (non-hydrogen) atoms. The molecule has 5 heteroatoms. The third-order valence-corrected chi connectivity index (χ3v) is 3.85. The van der Waals surface area contributed by atoms with Crippen molar-refractivity contribution in [1.82, 2.24) is 0 Å². The van der Waals surface area contributed by atoms with Crippen LogP contribution in [0.3, 0.4) is 0 Å². The Bertz CT molecular complexity index is 297. The van der Waals surface area contributed by atoms with Crippen LogP contribution in [0.2, 0.25) is 0 Å². The molecule has 0 saturated carbocycles. The first kappa shape index (κ1) is 21.1. The molecular weight excluding hydrogens is 284 g/mol. The Morgan fingerprint density at radius 3 is 2.23 bits per heavy atom. The maximum atomic E-state index is 11.0. The molecule has 0 fully saturated rings. The molecule has 1 unspecified atom stereocenters. The molecule has 0 aromatic carbocycles. The van der Waals surface area contributed by atoms with E-state index in [1.165, 1.54) is 52.4 Å². The van der Waals surface area contributed by atoms with E-state index in [-0.39, 0.29) is 5.97 Å². The molecule has 0 aromatic heterocycles. The predicted molar refractivity (Wildman–Crippen MR) is 86.5 cm³/mol. The quantitative estimate of drug-likeness (QED) is 0.128. The summed E-state index contributed by atoms with van der Waals surface area (Å²) in [6.45, 7) is 2.21. The lowest BCUT2D eigenvalue weighted by Gasteiger charge is -2.28. The van der Waals surface area contributed by atoms with E-state index < -0.39 is 5.79 Å². The van der Waals surface area contributed by atoms with Gasteiger partial charge < -0.3 is 9.47 Å². The van der Waals surface area contributed by atoms with Crippen LogP contribution in [0.5, 0.6) is 0 Å². The highest BCUT2D eigenvalue weighted by atomic mass is 17.1. The van der Waals surface area contributed by atoms with Gasteiger partial charge in [0.15, 0.2) is 0 Å². The Morgan fingerprint density at radius 1 is 1.05 bits per heavy atom. The number of ether oxygens (including phenoxy) is 2. The molecule has 1 N–H and O–H groups in total. The summed E-state index contributed by atoms with van der Waals surface area (Å²) in [6, 6.07) is 0. The minimum Gasteiger partial charge on any atom is -0.466 e. The number of rotatable bonds is 14. The number of carbonyl (C=O) groups excluding carboxylic acids is 1. The second kappa shape index (κ2) is 13.7. The molecule has 0 spiro atoms. The van der Waals surface area contributed by atoms with Crippen molar-refractivity contribution >= 4 is 5.97 Å². The first-order valence-corrected chi connectivity index (χ1v) is 8.26. The predicted octanol–water partition coefficient (Wildman–Crippen LogP) is 4.47. The van der Waals surface area contributed by atoms with Gasteiger partial charge in [-0.15, -0.1) is 0 Å². The topological polar surface area (TPSA) is 65.0 Å². The Labute approximate surface area is 134 Å². The van der Waals surface area contributed by atoms with Gasteiger partial charge in [0.25, 0.3) is 0 Å². The van der Waals surface area contributed by atoms with Crippen LogP contribution in [-0.2, 0) is 19.2 Å². The number of esters is 1. The lowest BCUT2D eigenvalue weighted by atomic mass is 10.0. The molecule has 0 radical (unpaired) electrons. The molecule has 0 aromatic rings. The first-order chi connectivity index (χ1) is 10.6. The molecular formula is C17H32O5. The minimum atomic E-state index is -0.982. The molecule has 0 saturated heterocycles. The van der Waals surface area contributed by atoms with Gasteiger partial charge in [0.2, 0.25) is 5.79 Å². The Hall–Kier alpha value is -0.910. The largest absolute Gasteiger partial charge is 0.466 e. The highest BCUT2D eigenvalue weighted by Gasteiger charge is 2.30. The van der Waals surface area contributed by atoms with Crippen molar-refractivity contribution in [2.24, 2.45) is 0 Å². The second-order valence-electron chi connectivity index (χ2n) is 5.54. The third-order valence-electron chi connectivity index (χ3n) is 3.85. The molecule has 130 valence electrons. The van der Waals surface area contributed by atoms with E-state index >= 15 is 0 Å². The number of methoxy groups -OCH3 is 2. The van der Waals surface area contributed by atoms with E-state index in [9.17, 15) is 4.79 Å². The Kier molecular flexibility index (Phi) is 13.2. The van der Waals surface area contributed by atoms with E-state index in [1.54, 1.807) is 6.08 Å². The smallest absolute Gasteiger partial charge is 0.330 e. The third kappa shape index (κ3) is 9.92. The van der Waals surface area contributed by atoms with Crippen LogP contribution < -0.4 is 0 Å². The molecule has 0 rings (SSSR count). The molecule has 0 aliphatic carbocycles. The van der Waals surface area contributed by atoms with Crippen LogP contribution in [-0.4, -0.2) is 31.2 Å². The monoisotopic (exact) mass is 316 g/mol. The highest BCUT2D eigenvalue weighted by Crippen LogP contribution is 2.26. The molecule has 5 nitrogen and oxygen atoms in total. The van der Waals surface area contributed by atoms with Gasteiger partial charge in [-0.2, -0.15) is 0 Å². The number of unbranched alkanes of at least 4 members (excludes halogenated alkanes) is 6. The molecule has 0 aliphatic rings. The fourth-order valence-electron chi connectivity index (χ4n) is 2.36. The molecule has 0 heterocycles. The Balaban J connectivity index is 4.00. The van der Waals surface area contributed by atoms with Gasteiger partial charge in [0.05, 0.1) is 7.11 Å². The molecule has 0 aliphatic heterocycles. The van der Waals surface area contributed by atoms with E-state index in [0.29, 0.717) is 19.3 Å². The second-order valence-corrected chi connectivity index (χ2v) is 5.54. The maximum absolute atomic E-state index is 11.0. The van der Waals surface area contributed by atoms with Gasteiger partial charge in [0.1, 0.15) is 0 Å². The summed E-state index contributed by atoms with van der Waals surface area (Å²) >= 11 is 0. The summed E-state index contributed by atoms with van der Waals surface area (Å²) in [5.74, 6) is -1.37. The van der Waals surface area contributed by atoms with Crippen molar-refractivity contribution in [3.8, 4) is 0 Å². The van der Waals surface area contributed by atoms with Gasteiger partial charge in [-0.3, -0.25) is 0 Å². The molecule has 0 bridgehead atoms. The van der Waals surface area contributed by atoms with Crippen LogP contribution in [0.25, 0.3) is 0 Å². The van der Waals surface area contributed by atoms with E-state index in [4.69, 9.17) is 9.99 Å². The van der Waals surface area contributed by atoms with Crippen molar-refractivity contribution < 1.29 is 24.4 Å². The normalized spacial score (nSPS) is 14.2. The van der Waals surface area contributed by atoms with E-state index in [2.05, 4.69) is 16.5 Å². The maximum Gasteiger partial charge on any atom is 0.330 e. The van der Waals surface area contributed by atoms with E-state index in [0.717, 1.165) is 12.8 Å². The van der Waals surface area contributed by atoms with Crippen molar-refractivity contribution in [2.75, 3.05) is 14.2 Å². The fourth-order valence-corrected chi connectivity index (χ4v) is 2.36. The minimum absolute atomic E-state index is 0.389. The number of hydrogen-bond acceptors (Lipinski definition) is 5. The summed E-state index contributed by atoms with van der Waals surface area (Å²) in [7, 11) is 2.87. The zero-order valence-electron chi connectivity index (χ0n) is 14.3. The van der Waals surface area contributed by atoms with Gasteiger partial charge in [0, 0.05) is 26.0 Å². The van der Waals surface area contributed by atoms with E-state index in [1.807, 2.05) is 0 Å². The summed E-state index contributed by atoms with van der Waals surface area (Å²) in [6.07, 6.45) is 13.1. The average molecular weight is 316 g/mol. The van der Waals surface area contributed by atoms with Crippen LogP contribution in [0.15, 0.2) is 12.2 Å². The standard InChI is InChI=1S/C17H32O5/c1-4-5-6-7-8-9-11-14-17(21-3,22-19)15-12-10-13-16(18)20-2/h10,13,19H,4-9,11-12,14-15H2,1-3H3/b13-10+. The zero-order valence-corrected chi connectivity index (χ0v) is 14.3. The zero-order chi connectivity index (χ0) is 16.7. The lowest BCUT2D eigenvalue weighted by Crippen LogP contribution is -2.33. The SMILES string of the molecule is CCCCCCCCCC(CC/C=C/C(=O)OC)(OC)OO. The molecule has 1 atom stereocenters. The van der Waals surface area contributed by atoms with Gasteiger partial charge >= 0.3 is 5.97 Å². The highest BCUT2D eigenvalue weighted by molar-refractivity contribution is 5.81. The Morgan fingerprint density at radius 2 is 1.68 bits per heavy atom. The van der Waals surface area contributed by atoms with Gasteiger partial charge in [-0.1, -0.05) is 51.5 Å². The van der Waals surface area contributed by atoms with Crippen molar-refractivity contribution in [2.45, 2.75) is 76.9 Å². The van der Waals surface area contributed by atoms with Crippen molar-refractivity contribution in [3.05, 3.63) is 12.2 Å². The fraction of sp³-hybridized carbons (Fsp3) is 0.824. The van der Waals surface area contributed by atoms with Crippen LogP contribution in [0.4, 0.5) is 0 Å². The first-order valence-electron chi connectivity index (χ1n) is 8.26. The number of carbonyl (C=O) groups is 1. The number of hydrogen-bond donors (Lipinski definition) is 1. The molecule has 0 amide bonds. The van der Waals surface area contributed by atoms with Crippen LogP contribution in [0, 0.1) is 0 Å². The van der Waals surface area contributed by atoms with Crippen LogP contribution in [0.1, 0.15) is 71.1 Å². The summed E-state index contributed by atoms with van der Waals surface area (Å²) in [5.41, 5.74) is 0. The lowest BCUT2D eigenvalue weighted by molar-refractivity contribution is -0.402. The number of allylic oxidation sites excluding steroid dienone is 1. The summed E-state index contributed by atoms with van der Waals surface area (Å²) < 4.78 is 9.86. The van der Waals surface area contributed by atoms with Gasteiger partial charge in [-0.05, 0) is 12.8 Å². The van der Waals surface area contributed by atoms with Gasteiger partial charge in [-0.25, -0.2) is 14.9 Å².